The molecule has 0 aliphatic heterocycles. The molecule has 0 heterocycles. The molecule has 2 rings (SSSR count). The molecule has 2 aromatic carbocycles. The van der Waals surface area contributed by atoms with Crippen LogP contribution in [0.25, 0.3) is 0 Å². The van der Waals surface area contributed by atoms with E-state index in [-0.39, 0.29) is 17.6 Å². The van der Waals surface area contributed by atoms with Gasteiger partial charge in [-0.25, -0.2) is 0 Å². The van der Waals surface area contributed by atoms with E-state index in [4.69, 9.17) is 17.0 Å². The lowest BCUT2D eigenvalue weighted by molar-refractivity contribution is -0.121. The number of rotatable bonds is 6. The molecule has 0 saturated carbocycles. The molecule has 1 amide bonds. The van der Waals surface area contributed by atoms with Gasteiger partial charge in [0, 0.05) is 10.2 Å². The fourth-order valence-electron chi connectivity index (χ4n) is 2.26. The van der Waals surface area contributed by atoms with Crippen LogP contribution in [0.3, 0.4) is 0 Å². The van der Waals surface area contributed by atoms with Crippen LogP contribution in [0, 0.1) is 0 Å². The maximum Gasteiger partial charge on any atom is 0.264 e. The molecule has 1 atom stereocenters. The molecular weight excluding hydrogens is 400 g/mol. The first kappa shape index (κ1) is 19.4. The van der Waals surface area contributed by atoms with E-state index in [2.05, 4.69) is 46.5 Å². The normalized spacial score (nSPS) is 11.5. The molecule has 132 valence electrons. The van der Waals surface area contributed by atoms with Crippen LogP contribution >= 0.6 is 28.1 Å². The van der Waals surface area contributed by atoms with E-state index in [0.717, 1.165) is 16.6 Å². The lowest BCUT2D eigenvalue weighted by Crippen LogP contribution is -2.37. The average Bonchev–Trinajstić information content (AvgIpc) is 2.61. The molecule has 4 nitrogen and oxygen atoms in total. The maximum atomic E-state index is 12.0. The molecule has 0 spiro atoms. The van der Waals surface area contributed by atoms with Crippen LogP contribution in [-0.2, 0) is 4.79 Å². The van der Waals surface area contributed by atoms with E-state index in [9.17, 15) is 4.79 Å². The first-order valence-electron chi connectivity index (χ1n) is 8.07. The molecule has 0 aromatic heterocycles. The molecule has 0 aliphatic carbocycles. The Kier molecular flexibility index (Phi) is 7.40. The summed E-state index contributed by atoms with van der Waals surface area (Å²) in [5, 5.41) is 6.01. The molecule has 0 aliphatic rings. The molecule has 2 aromatic rings. The highest BCUT2D eigenvalue weighted by Crippen LogP contribution is 2.26. The number of hydrogen-bond donors (Lipinski definition) is 2. The predicted molar refractivity (Wildman–Crippen MR) is 109 cm³/mol. The van der Waals surface area contributed by atoms with Crippen LogP contribution in [0.5, 0.6) is 5.75 Å². The number of amides is 1. The van der Waals surface area contributed by atoms with Gasteiger partial charge in [0.25, 0.3) is 5.91 Å². The molecule has 25 heavy (non-hydrogen) atoms. The molecule has 6 heteroatoms. The van der Waals surface area contributed by atoms with E-state index in [0.29, 0.717) is 11.7 Å². The highest BCUT2D eigenvalue weighted by atomic mass is 79.9. The number of thiocarbonyl (C=S) groups is 1. The maximum absolute atomic E-state index is 12.0. The predicted octanol–water partition coefficient (Wildman–Crippen LogP) is 4.85. The van der Waals surface area contributed by atoms with Gasteiger partial charge in [-0.1, -0.05) is 48.0 Å². The summed E-state index contributed by atoms with van der Waals surface area (Å²) in [6.45, 7) is 4.20. The first-order valence-corrected chi connectivity index (χ1v) is 9.27. The van der Waals surface area contributed by atoms with Crippen LogP contribution < -0.4 is 15.4 Å². The van der Waals surface area contributed by atoms with Crippen LogP contribution in [0.1, 0.15) is 31.7 Å². The van der Waals surface area contributed by atoms with Crippen LogP contribution in [-0.4, -0.2) is 17.6 Å². The van der Waals surface area contributed by atoms with Gasteiger partial charge in [-0.2, -0.15) is 0 Å². The Morgan fingerprint density at radius 2 is 1.88 bits per heavy atom. The number of anilines is 1. The van der Waals surface area contributed by atoms with Crippen LogP contribution in [0.2, 0.25) is 0 Å². The third kappa shape index (κ3) is 6.14. The largest absolute Gasteiger partial charge is 0.484 e. The molecular formula is C19H21BrN2O2S. The van der Waals surface area contributed by atoms with Gasteiger partial charge in [-0.05, 0) is 60.5 Å². The summed E-state index contributed by atoms with van der Waals surface area (Å²) in [6, 6.07) is 15.2. The summed E-state index contributed by atoms with van der Waals surface area (Å²) >= 11 is 8.59. The number of para-hydroxylation sites is 1. The number of ether oxygens (including phenoxy) is 1. The number of halogens is 1. The van der Waals surface area contributed by atoms with Crippen molar-refractivity contribution in [3.63, 3.8) is 0 Å². The van der Waals surface area contributed by atoms with E-state index >= 15 is 0 Å². The number of nitrogens with one attached hydrogen (secondary N) is 2. The minimum absolute atomic E-state index is 0.101. The Balaban J connectivity index is 1.87. The Hall–Kier alpha value is -1.92. The van der Waals surface area contributed by atoms with Gasteiger partial charge in [-0.3, -0.25) is 10.1 Å². The van der Waals surface area contributed by atoms with Crippen molar-refractivity contribution < 1.29 is 9.53 Å². The second kappa shape index (κ2) is 9.53. The highest BCUT2D eigenvalue weighted by molar-refractivity contribution is 9.10. The number of carbonyl (C=O) groups excluding carboxylic acids is 1. The van der Waals surface area contributed by atoms with Crippen molar-refractivity contribution in [1.29, 1.82) is 0 Å². The van der Waals surface area contributed by atoms with Crippen molar-refractivity contribution in [1.82, 2.24) is 5.32 Å². The quantitative estimate of drug-likeness (QED) is 0.655. The number of hydrogen-bond acceptors (Lipinski definition) is 3. The number of carbonyl (C=O) groups is 1. The second-order valence-corrected chi connectivity index (χ2v) is 6.97. The Morgan fingerprint density at radius 1 is 1.20 bits per heavy atom. The summed E-state index contributed by atoms with van der Waals surface area (Å²) in [4.78, 5) is 12.0. The average molecular weight is 421 g/mol. The molecule has 0 saturated heterocycles. The minimum atomic E-state index is -0.304. The van der Waals surface area contributed by atoms with Gasteiger partial charge in [0.2, 0.25) is 0 Å². The van der Waals surface area contributed by atoms with E-state index in [1.807, 2.05) is 30.3 Å². The summed E-state index contributed by atoms with van der Waals surface area (Å²) < 4.78 is 6.39. The van der Waals surface area contributed by atoms with Gasteiger partial charge in [0.05, 0.1) is 0 Å². The van der Waals surface area contributed by atoms with Gasteiger partial charge in [-0.15, -0.1) is 0 Å². The summed E-state index contributed by atoms with van der Waals surface area (Å²) in [7, 11) is 0. The lowest BCUT2D eigenvalue weighted by Gasteiger charge is -2.17. The van der Waals surface area contributed by atoms with Crippen LogP contribution in [0.15, 0.2) is 53.0 Å². The van der Waals surface area contributed by atoms with Gasteiger partial charge in [0.1, 0.15) is 5.75 Å². The van der Waals surface area contributed by atoms with Crippen molar-refractivity contribution in [3.8, 4) is 5.75 Å². The van der Waals surface area contributed by atoms with E-state index in [1.54, 1.807) is 12.1 Å². The molecule has 0 fully saturated rings. The number of benzene rings is 2. The zero-order chi connectivity index (χ0) is 18.2. The van der Waals surface area contributed by atoms with E-state index in [1.165, 1.54) is 5.56 Å². The van der Waals surface area contributed by atoms with Crippen molar-refractivity contribution in [2.45, 2.75) is 26.2 Å². The van der Waals surface area contributed by atoms with Crippen molar-refractivity contribution >= 4 is 44.9 Å². The zero-order valence-corrected chi connectivity index (χ0v) is 16.6. The topological polar surface area (TPSA) is 50.4 Å². The molecule has 0 bridgehead atoms. The van der Waals surface area contributed by atoms with Crippen molar-refractivity contribution in [3.05, 3.63) is 58.6 Å². The van der Waals surface area contributed by atoms with Gasteiger partial charge >= 0.3 is 0 Å². The molecule has 0 radical (unpaired) electrons. The second-order valence-electron chi connectivity index (χ2n) is 5.64. The van der Waals surface area contributed by atoms with Crippen LogP contribution in [0.4, 0.5) is 5.69 Å². The minimum Gasteiger partial charge on any atom is -0.484 e. The van der Waals surface area contributed by atoms with Gasteiger partial charge in [0.15, 0.2) is 11.7 Å². The smallest absolute Gasteiger partial charge is 0.264 e. The Bertz CT molecular complexity index is 734. The van der Waals surface area contributed by atoms with Gasteiger partial charge < -0.3 is 10.1 Å². The fraction of sp³-hybridized carbons (Fsp3) is 0.263. The molecule has 2 N–H and O–H groups in total. The highest BCUT2D eigenvalue weighted by Gasteiger charge is 2.11. The first-order chi connectivity index (χ1) is 12.0. The Labute approximate surface area is 162 Å². The SMILES string of the molecule is CC[C@@H](C)c1ccccc1NC(=S)NC(=O)COc1ccc(Br)cc1. The monoisotopic (exact) mass is 420 g/mol. The standard InChI is InChI=1S/C19H21BrN2O2S/c1-3-13(2)16-6-4-5-7-17(16)21-19(25)22-18(23)12-24-15-10-8-14(20)9-11-15/h4-11,13H,3,12H2,1-2H3,(H2,21,22,23,25)/t13-/m1/s1. The molecule has 0 unspecified atom stereocenters. The van der Waals surface area contributed by atoms with E-state index < -0.39 is 0 Å². The van der Waals surface area contributed by atoms with Crippen molar-refractivity contribution in [2.75, 3.05) is 11.9 Å². The summed E-state index contributed by atoms with van der Waals surface area (Å²) in [5.74, 6) is 0.726. The third-order valence-corrected chi connectivity index (χ3v) is 4.52. The Morgan fingerprint density at radius 3 is 2.56 bits per heavy atom. The summed E-state index contributed by atoms with van der Waals surface area (Å²) in [6.07, 6.45) is 1.03. The zero-order valence-electron chi connectivity index (χ0n) is 14.2. The summed E-state index contributed by atoms with van der Waals surface area (Å²) in [5.41, 5.74) is 2.09. The lowest BCUT2D eigenvalue weighted by atomic mass is 9.97. The van der Waals surface area contributed by atoms with Crippen molar-refractivity contribution in [2.24, 2.45) is 0 Å². The third-order valence-electron chi connectivity index (χ3n) is 3.79. The fourth-order valence-corrected chi connectivity index (χ4v) is 2.74.